The lowest BCUT2D eigenvalue weighted by atomic mass is 10.1. The van der Waals surface area contributed by atoms with E-state index in [9.17, 15) is 5.11 Å². The lowest BCUT2D eigenvalue weighted by Crippen LogP contribution is -1.87. The van der Waals surface area contributed by atoms with Crippen LogP contribution in [0.4, 0.5) is 0 Å². The van der Waals surface area contributed by atoms with Crippen molar-refractivity contribution in [2.75, 3.05) is 0 Å². The molecule has 0 bridgehead atoms. The van der Waals surface area contributed by atoms with Gasteiger partial charge in [-0.05, 0) is 36.1 Å². The molecule has 0 amide bonds. The largest absolute Gasteiger partial charge is 0.508 e. The number of phenols is 1. The van der Waals surface area contributed by atoms with Gasteiger partial charge in [0.2, 0.25) is 0 Å². The van der Waals surface area contributed by atoms with E-state index in [2.05, 4.69) is 22.9 Å². The van der Waals surface area contributed by atoms with Crippen molar-refractivity contribution in [1.82, 2.24) is 0 Å². The molecule has 0 aromatic heterocycles. The number of phenolic OH excluding ortho intramolecular Hbond substituents is 1. The Morgan fingerprint density at radius 1 is 1.17 bits per heavy atom. The highest BCUT2D eigenvalue weighted by Crippen LogP contribution is 2.27. The number of rotatable bonds is 2. The van der Waals surface area contributed by atoms with E-state index in [1.165, 1.54) is 0 Å². The van der Waals surface area contributed by atoms with E-state index in [4.69, 9.17) is 0 Å². The van der Waals surface area contributed by atoms with Crippen LogP contribution in [0.3, 0.4) is 0 Å². The molecule has 1 nitrogen and oxygen atoms in total. The second-order valence-corrected chi connectivity index (χ2v) is 3.63. The second kappa shape index (κ2) is 3.94. The van der Waals surface area contributed by atoms with Gasteiger partial charge in [-0.3, -0.25) is 0 Å². The summed E-state index contributed by atoms with van der Waals surface area (Å²) in [5, 5.41) is 9.53. The number of hydrogen-bond acceptors (Lipinski definition) is 1. The van der Waals surface area contributed by atoms with E-state index in [1.54, 1.807) is 0 Å². The maximum atomic E-state index is 9.53. The van der Waals surface area contributed by atoms with Crippen molar-refractivity contribution in [3.05, 3.63) is 27.7 Å². The van der Waals surface area contributed by atoms with Crippen molar-refractivity contribution in [2.45, 2.75) is 26.7 Å². The molecule has 1 aromatic rings. The fourth-order valence-electron chi connectivity index (χ4n) is 1.20. The summed E-state index contributed by atoms with van der Waals surface area (Å²) in [6.07, 6.45) is 1.81. The summed E-state index contributed by atoms with van der Waals surface area (Å²) >= 11 is 3.47. The molecule has 0 unspecified atom stereocenters. The molecule has 66 valence electrons. The zero-order valence-electron chi connectivity index (χ0n) is 7.39. The van der Waals surface area contributed by atoms with Gasteiger partial charge < -0.3 is 5.11 Å². The lowest BCUT2D eigenvalue weighted by molar-refractivity contribution is 0.468. The Bertz CT molecular complexity index is 252. The third-order valence-corrected chi connectivity index (χ3v) is 2.75. The predicted molar refractivity (Wildman–Crippen MR) is 54.6 cm³/mol. The monoisotopic (exact) mass is 228 g/mol. The summed E-state index contributed by atoms with van der Waals surface area (Å²) in [7, 11) is 0. The molecule has 0 radical (unpaired) electrons. The maximum Gasteiger partial charge on any atom is 0.119 e. The van der Waals surface area contributed by atoms with Gasteiger partial charge in [0.05, 0.1) is 0 Å². The fraction of sp³-hybridized carbons (Fsp3) is 0.400. The Balaban J connectivity index is 3.16. The minimum Gasteiger partial charge on any atom is -0.508 e. The van der Waals surface area contributed by atoms with Gasteiger partial charge in [0, 0.05) is 4.47 Å². The molecule has 0 heterocycles. The van der Waals surface area contributed by atoms with Gasteiger partial charge in [-0.25, -0.2) is 0 Å². The Morgan fingerprint density at radius 3 is 2.25 bits per heavy atom. The summed E-state index contributed by atoms with van der Waals surface area (Å²) in [5.41, 5.74) is 2.16. The number of halogens is 1. The average molecular weight is 229 g/mol. The van der Waals surface area contributed by atoms with Crippen molar-refractivity contribution in [3.8, 4) is 5.75 Å². The normalized spacial score (nSPS) is 10.2. The van der Waals surface area contributed by atoms with Crippen LogP contribution in [0.2, 0.25) is 0 Å². The SMILES string of the molecule is CCc1cc(Br)c(CC)cc1O. The third kappa shape index (κ3) is 1.81. The second-order valence-electron chi connectivity index (χ2n) is 2.78. The van der Waals surface area contributed by atoms with Gasteiger partial charge in [-0.2, -0.15) is 0 Å². The van der Waals surface area contributed by atoms with Gasteiger partial charge in [0.1, 0.15) is 5.75 Å². The number of aromatic hydroxyl groups is 1. The first-order chi connectivity index (χ1) is 5.69. The fourth-order valence-corrected chi connectivity index (χ4v) is 1.87. The predicted octanol–water partition coefficient (Wildman–Crippen LogP) is 3.28. The maximum absolute atomic E-state index is 9.53. The van der Waals surface area contributed by atoms with Crippen LogP contribution in [0, 0.1) is 0 Å². The highest BCUT2D eigenvalue weighted by Gasteiger charge is 2.04. The molecule has 0 aliphatic heterocycles. The average Bonchev–Trinajstić information content (AvgIpc) is 2.08. The first kappa shape index (κ1) is 9.59. The Hall–Kier alpha value is -0.500. The van der Waals surface area contributed by atoms with Gasteiger partial charge >= 0.3 is 0 Å². The molecule has 0 fully saturated rings. The Kier molecular flexibility index (Phi) is 3.15. The summed E-state index contributed by atoms with van der Waals surface area (Å²) in [6, 6.07) is 3.83. The molecule has 0 saturated carbocycles. The van der Waals surface area contributed by atoms with Crippen molar-refractivity contribution in [2.24, 2.45) is 0 Å². The molecular formula is C10H13BrO. The Morgan fingerprint density at radius 2 is 1.75 bits per heavy atom. The van der Waals surface area contributed by atoms with E-state index in [0.717, 1.165) is 28.4 Å². The van der Waals surface area contributed by atoms with Gasteiger partial charge in [0.15, 0.2) is 0 Å². The van der Waals surface area contributed by atoms with Crippen LogP contribution in [-0.2, 0) is 12.8 Å². The highest BCUT2D eigenvalue weighted by molar-refractivity contribution is 9.10. The molecule has 1 N–H and O–H groups in total. The molecule has 0 atom stereocenters. The minimum atomic E-state index is 0.414. The third-order valence-electron chi connectivity index (χ3n) is 2.01. The van der Waals surface area contributed by atoms with Crippen LogP contribution >= 0.6 is 15.9 Å². The van der Waals surface area contributed by atoms with Crippen molar-refractivity contribution >= 4 is 15.9 Å². The van der Waals surface area contributed by atoms with Gasteiger partial charge in [-0.1, -0.05) is 29.8 Å². The van der Waals surface area contributed by atoms with E-state index < -0.39 is 0 Å². The summed E-state index contributed by atoms with van der Waals surface area (Å²) in [6.45, 7) is 4.11. The van der Waals surface area contributed by atoms with Crippen molar-refractivity contribution in [3.63, 3.8) is 0 Å². The zero-order valence-corrected chi connectivity index (χ0v) is 8.98. The van der Waals surface area contributed by atoms with Gasteiger partial charge in [-0.15, -0.1) is 0 Å². The summed E-state index contributed by atoms with van der Waals surface area (Å²) in [4.78, 5) is 0. The zero-order chi connectivity index (χ0) is 9.14. The molecule has 1 rings (SSSR count). The smallest absolute Gasteiger partial charge is 0.119 e. The molecular weight excluding hydrogens is 216 g/mol. The van der Waals surface area contributed by atoms with E-state index in [1.807, 2.05) is 19.1 Å². The number of aryl methyl sites for hydroxylation is 2. The molecule has 0 saturated heterocycles. The number of hydrogen-bond donors (Lipinski definition) is 1. The lowest BCUT2D eigenvalue weighted by Gasteiger charge is -2.06. The number of benzene rings is 1. The van der Waals surface area contributed by atoms with E-state index in [-0.39, 0.29) is 0 Å². The Labute approximate surface area is 81.6 Å². The topological polar surface area (TPSA) is 20.2 Å². The van der Waals surface area contributed by atoms with Crippen molar-refractivity contribution in [1.29, 1.82) is 0 Å². The van der Waals surface area contributed by atoms with E-state index >= 15 is 0 Å². The van der Waals surface area contributed by atoms with Crippen LogP contribution in [0.5, 0.6) is 5.75 Å². The van der Waals surface area contributed by atoms with E-state index in [0.29, 0.717) is 5.75 Å². The first-order valence-corrected chi connectivity index (χ1v) is 4.98. The highest BCUT2D eigenvalue weighted by atomic mass is 79.9. The quantitative estimate of drug-likeness (QED) is 0.824. The van der Waals surface area contributed by atoms with Crippen molar-refractivity contribution < 1.29 is 5.11 Å². The molecule has 0 aliphatic rings. The standard InChI is InChI=1S/C10H13BrO/c1-3-7-6-10(12)8(4-2)5-9(7)11/h5-6,12H,3-4H2,1-2H3. The van der Waals surface area contributed by atoms with Crippen LogP contribution in [0.15, 0.2) is 16.6 Å². The summed E-state index contributed by atoms with van der Waals surface area (Å²) in [5.74, 6) is 0.414. The molecule has 2 heteroatoms. The first-order valence-electron chi connectivity index (χ1n) is 4.19. The molecule has 0 spiro atoms. The molecule has 1 aromatic carbocycles. The van der Waals surface area contributed by atoms with Crippen LogP contribution in [0.1, 0.15) is 25.0 Å². The molecule has 12 heavy (non-hydrogen) atoms. The van der Waals surface area contributed by atoms with Crippen LogP contribution in [0.25, 0.3) is 0 Å². The van der Waals surface area contributed by atoms with Crippen LogP contribution in [-0.4, -0.2) is 5.11 Å². The van der Waals surface area contributed by atoms with Gasteiger partial charge in [0.25, 0.3) is 0 Å². The molecule has 0 aliphatic carbocycles. The summed E-state index contributed by atoms with van der Waals surface area (Å²) < 4.78 is 1.10. The van der Waals surface area contributed by atoms with Crippen LogP contribution < -0.4 is 0 Å². The minimum absolute atomic E-state index is 0.414.